The van der Waals surface area contributed by atoms with Crippen LogP contribution in [0.3, 0.4) is 0 Å². The van der Waals surface area contributed by atoms with Crippen LogP contribution in [0.15, 0.2) is 30.3 Å². The van der Waals surface area contributed by atoms with Crippen LogP contribution in [0.25, 0.3) is 0 Å². The van der Waals surface area contributed by atoms with Gasteiger partial charge in [-0.2, -0.15) is 0 Å². The Morgan fingerprint density at radius 1 is 1.00 bits per heavy atom. The molecule has 1 spiro atoms. The van der Waals surface area contributed by atoms with E-state index in [1.54, 1.807) is 37.4 Å². The van der Waals surface area contributed by atoms with Crippen LogP contribution >= 0.6 is 0 Å². The van der Waals surface area contributed by atoms with Gasteiger partial charge < -0.3 is 54.1 Å². The zero-order valence-corrected chi connectivity index (χ0v) is 26.0. The molecule has 13 nitrogen and oxygen atoms in total. The second-order valence-electron chi connectivity index (χ2n) is 14.2. The fourth-order valence-corrected chi connectivity index (χ4v) is 12.0. The van der Waals surface area contributed by atoms with E-state index in [1.165, 1.54) is 21.3 Å². The van der Waals surface area contributed by atoms with Crippen molar-refractivity contribution in [2.24, 2.45) is 28.6 Å². The molecule has 1 aromatic carbocycles. The number of hydrogen-bond donors (Lipinski definition) is 5. The van der Waals surface area contributed by atoms with E-state index in [0.29, 0.717) is 0 Å². The lowest BCUT2D eigenvalue weighted by molar-refractivity contribution is -0.353. The maximum atomic E-state index is 13.6. The van der Waals surface area contributed by atoms with Gasteiger partial charge in [-0.05, 0) is 19.2 Å². The fourth-order valence-electron chi connectivity index (χ4n) is 12.0. The summed E-state index contributed by atoms with van der Waals surface area (Å²) in [5.74, 6) is -5.00. The van der Waals surface area contributed by atoms with Gasteiger partial charge in [0.1, 0.15) is 23.9 Å². The molecule has 5 aliphatic carbocycles. The Bertz CT molecular complexity index is 1380. The van der Waals surface area contributed by atoms with Gasteiger partial charge in [-0.3, -0.25) is 4.79 Å². The zero-order chi connectivity index (χ0) is 32.5. The van der Waals surface area contributed by atoms with Gasteiger partial charge in [-0.25, -0.2) is 4.79 Å². The van der Waals surface area contributed by atoms with Crippen LogP contribution in [-0.2, 0) is 28.5 Å². The van der Waals surface area contributed by atoms with Crippen molar-refractivity contribution < 1.29 is 58.8 Å². The molecule has 1 unspecified atom stereocenters. The number of ether oxygens (including phenoxy) is 5. The summed E-state index contributed by atoms with van der Waals surface area (Å²) in [6.07, 6.45) is -8.41. The van der Waals surface area contributed by atoms with E-state index >= 15 is 0 Å². The van der Waals surface area contributed by atoms with E-state index in [0.717, 1.165) is 6.92 Å². The third kappa shape index (κ3) is 3.34. The summed E-state index contributed by atoms with van der Waals surface area (Å²) in [5, 5.41) is 62.8. The summed E-state index contributed by atoms with van der Waals surface area (Å²) in [5.41, 5.74) is -8.68. The van der Waals surface area contributed by atoms with Crippen LogP contribution < -0.4 is 0 Å². The molecule has 0 amide bonds. The molecule has 13 heteroatoms. The fraction of sp³-hybridized carbons (Fsp3) is 0.750. The Balaban J connectivity index is 1.54. The van der Waals surface area contributed by atoms with Crippen molar-refractivity contribution >= 4 is 11.9 Å². The topological polar surface area (TPSA) is 185 Å². The summed E-state index contributed by atoms with van der Waals surface area (Å²) in [6.45, 7) is 1.46. The highest BCUT2D eigenvalue weighted by Gasteiger charge is 2.96. The van der Waals surface area contributed by atoms with Crippen LogP contribution in [0.5, 0.6) is 0 Å². The van der Waals surface area contributed by atoms with E-state index in [4.69, 9.17) is 23.7 Å². The van der Waals surface area contributed by atoms with Gasteiger partial charge in [0.2, 0.25) is 0 Å². The molecule has 0 radical (unpaired) electrons. The zero-order valence-electron chi connectivity index (χ0n) is 26.0. The Kier molecular flexibility index (Phi) is 6.91. The van der Waals surface area contributed by atoms with Crippen molar-refractivity contribution in [2.75, 3.05) is 41.5 Å². The predicted molar refractivity (Wildman–Crippen MR) is 153 cm³/mol. The Labute approximate surface area is 261 Å². The number of carbonyl (C=O) groups is 2. The van der Waals surface area contributed by atoms with Gasteiger partial charge in [-0.15, -0.1) is 0 Å². The molecule has 1 saturated heterocycles. The number of carbonyl (C=O) groups excluding carboxylic acids is 2. The maximum Gasteiger partial charge on any atom is 0.338 e. The number of likely N-dealkylation sites (tertiary alicyclic amines) is 1. The molecule has 0 aromatic heterocycles. The van der Waals surface area contributed by atoms with E-state index in [-0.39, 0.29) is 25.1 Å². The third-order valence-electron chi connectivity index (χ3n) is 12.7. The number of aliphatic hydroxyl groups is 5. The SMILES string of the molecule is COC[C@]12CN(C)C3[C@@H]4[C@H](O)[C@H]1[C@@]3([C@@H](OC)C[C@H]2O)[C@]1(O)C[C@@]2(O)[C@H](OC(=O)c3ccccc3)[C@@H]1[C@]4(OC(C)=O)[C@@H](O)[C@@H]2OC. The molecule has 248 valence electrons. The number of hydrogen-bond acceptors (Lipinski definition) is 13. The highest BCUT2D eigenvalue weighted by Crippen LogP contribution is 2.81. The Morgan fingerprint density at radius 3 is 2.29 bits per heavy atom. The number of benzene rings is 1. The van der Waals surface area contributed by atoms with Gasteiger partial charge in [-0.1, -0.05) is 18.2 Å². The summed E-state index contributed by atoms with van der Waals surface area (Å²) in [7, 11) is 6.04. The van der Waals surface area contributed by atoms with Crippen LogP contribution in [0.4, 0.5) is 0 Å². The van der Waals surface area contributed by atoms with E-state index in [2.05, 4.69) is 0 Å². The molecule has 7 bridgehead atoms. The largest absolute Gasteiger partial charge is 0.455 e. The first-order chi connectivity index (χ1) is 21.3. The van der Waals surface area contributed by atoms with Crippen molar-refractivity contribution in [3.63, 3.8) is 0 Å². The van der Waals surface area contributed by atoms with Crippen molar-refractivity contribution in [3.05, 3.63) is 35.9 Å². The number of rotatable bonds is 7. The first-order valence-electron chi connectivity index (χ1n) is 15.5. The number of methoxy groups -OCH3 is 3. The first-order valence-corrected chi connectivity index (χ1v) is 15.5. The van der Waals surface area contributed by atoms with E-state index in [9.17, 15) is 35.1 Å². The molecular weight excluding hydrogens is 590 g/mol. The second-order valence-corrected chi connectivity index (χ2v) is 14.2. The lowest BCUT2D eigenvalue weighted by Gasteiger charge is -2.72. The van der Waals surface area contributed by atoms with Crippen molar-refractivity contribution in [3.8, 4) is 0 Å². The molecule has 6 fully saturated rings. The lowest BCUT2D eigenvalue weighted by Crippen LogP contribution is -2.85. The van der Waals surface area contributed by atoms with Gasteiger partial charge in [0, 0.05) is 76.3 Å². The number of nitrogens with zero attached hydrogens (tertiary/aromatic N) is 1. The average molecular weight is 634 g/mol. The quantitative estimate of drug-likeness (QED) is 0.224. The molecule has 1 aromatic rings. The van der Waals surface area contributed by atoms with Gasteiger partial charge in [0.05, 0.1) is 42.0 Å². The van der Waals surface area contributed by atoms with Crippen molar-refractivity contribution in [1.82, 2.24) is 4.90 Å². The third-order valence-corrected chi connectivity index (χ3v) is 12.7. The number of fused-ring (bicyclic) bond motifs is 2. The molecular formula is C32H43NO12. The smallest absolute Gasteiger partial charge is 0.338 e. The monoisotopic (exact) mass is 633 g/mol. The molecule has 15 atom stereocenters. The molecule has 5 N–H and O–H groups in total. The van der Waals surface area contributed by atoms with Crippen molar-refractivity contribution in [1.29, 1.82) is 0 Å². The van der Waals surface area contributed by atoms with Gasteiger partial charge in [0.15, 0.2) is 5.60 Å². The average Bonchev–Trinajstić information content (AvgIpc) is 3.33. The molecule has 6 aliphatic rings. The molecule has 45 heavy (non-hydrogen) atoms. The standard InChI is InChI=1S/C32H43NO12/c1-15(34)45-32-19-20(36)21-28(14-41-3)13-33(2)23(19)31(21,18(42-4)11-17(28)35)30(40)12-29(39,26(43-5)24(32)37)25(22(30)32)44-27(38)16-9-7-6-8-10-16/h6-10,17-26,35-37,39-40H,11-14H2,1-5H3/t17-,18+,19+,20+,21-,22+,23?,24+,25-,26+,28+,29-,30+,31-,32+/m1/s1. The van der Waals surface area contributed by atoms with Gasteiger partial charge in [0.25, 0.3) is 0 Å². The minimum Gasteiger partial charge on any atom is -0.455 e. The first kappa shape index (κ1) is 31.4. The second kappa shape index (κ2) is 9.91. The van der Waals surface area contributed by atoms with Crippen LogP contribution in [-0.4, -0.2) is 143 Å². The normalized spacial score (nSPS) is 52.4. The number of esters is 2. The molecule has 1 heterocycles. The van der Waals surface area contributed by atoms with Crippen LogP contribution in [0, 0.1) is 28.6 Å². The minimum absolute atomic E-state index is 0.0269. The Hall–Kier alpha value is -2.20. The minimum atomic E-state index is -2.16. The highest BCUT2D eigenvalue weighted by molar-refractivity contribution is 5.89. The van der Waals surface area contributed by atoms with Crippen LogP contribution in [0.2, 0.25) is 0 Å². The Morgan fingerprint density at radius 2 is 1.69 bits per heavy atom. The highest BCUT2D eigenvalue weighted by atomic mass is 16.6. The van der Waals surface area contributed by atoms with Gasteiger partial charge >= 0.3 is 11.9 Å². The summed E-state index contributed by atoms with van der Waals surface area (Å²) in [6, 6.07) is 7.37. The summed E-state index contributed by atoms with van der Waals surface area (Å²) < 4.78 is 29.9. The van der Waals surface area contributed by atoms with Crippen molar-refractivity contribution in [2.45, 2.75) is 79.2 Å². The maximum absolute atomic E-state index is 13.6. The summed E-state index contributed by atoms with van der Waals surface area (Å²) in [4.78, 5) is 28.6. The molecule has 5 saturated carbocycles. The predicted octanol–water partition coefficient (Wildman–Crippen LogP) is -1.28. The number of piperidine rings is 1. The molecule has 7 rings (SSSR count). The lowest BCUT2D eigenvalue weighted by atomic mass is 9.40. The van der Waals surface area contributed by atoms with E-state index < -0.39 is 106 Å². The van der Waals surface area contributed by atoms with Crippen LogP contribution in [0.1, 0.15) is 30.1 Å². The summed E-state index contributed by atoms with van der Waals surface area (Å²) >= 11 is 0. The molecule has 1 aliphatic heterocycles. The van der Waals surface area contributed by atoms with E-state index in [1.807, 2.05) is 4.90 Å². The number of aliphatic hydroxyl groups excluding tert-OH is 3.